The van der Waals surface area contributed by atoms with Gasteiger partial charge in [-0.3, -0.25) is 4.79 Å². The molecule has 1 aliphatic heterocycles. The van der Waals surface area contributed by atoms with E-state index in [4.69, 9.17) is 4.74 Å². The highest BCUT2D eigenvalue weighted by molar-refractivity contribution is 6.54. The fourth-order valence-corrected chi connectivity index (χ4v) is 2.82. The lowest BCUT2D eigenvalue weighted by atomic mass is 10.1. The maximum absolute atomic E-state index is 12.8. The third kappa shape index (κ3) is 2.58. The number of rotatable bonds is 3. The van der Waals surface area contributed by atoms with Crippen molar-refractivity contribution in [1.29, 1.82) is 0 Å². The van der Waals surface area contributed by atoms with Gasteiger partial charge in [0.25, 0.3) is 5.91 Å². The second kappa shape index (κ2) is 6.28. The van der Waals surface area contributed by atoms with E-state index in [1.54, 1.807) is 29.2 Å². The molecule has 0 fully saturated rings. The van der Waals surface area contributed by atoms with Gasteiger partial charge < -0.3 is 9.64 Å². The van der Waals surface area contributed by atoms with Crippen LogP contribution in [0.3, 0.4) is 0 Å². The summed E-state index contributed by atoms with van der Waals surface area (Å²) in [6, 6.07) is 14.4. The number of anilines is 1. The molecule has 0 atom stereocenters. The monoisotopic (exact) mass is 322 g/mol. The summed E-state index contributed by atoms with van der Waals surface area (Å²) in [5.74, 6) is -0.639. The number of ether oxygens (including phenoxy) is 1. The Morgan fingerprint density at radius 1 is 1.08 bits per heavy atom. The van der Waals surface area contributed by atoms with E-state index in [9.17, 15) is 9.59 Å². The second-order valence-corrected chi connectivity index (χ2v) is 5.76. The van der Waals surface area contributed by atoms with E-state index >= 15 is 0 Å². The Hall–Kier alpha value is -2.95. The summed E-state index contributed by atoms with van der Waals surface area (Å²) in [6.45, 7) is 3.92. The lowest BCUT2D eigenvalue weighted by Gasteiger charge is -2.20. The molecule has 0 aromatic heterocycles. The SMILES string of the molecule is COC(=O)c1ccccc1N=C1C(=O)N(C(C)C)c2ccccc21. The predicted molar refractivity (Wildman–Crippen MR) is 93.0 cm³/mol. The molecule has 0 N–H and O–H groups in total. The van der Waals surface area contributed by atoms with E-state index < -0.39 is 5.97 Å². The molecule has 1 aliphatic rings. The molecule has 0 saturated heterocycles. The van der Waals surface area contributed by atoms with E-state index in [2.05, 4.69) is 4.99 Å². The Bertz CT molecular complexity index is 840. The molecule has 122 valence electrons. The van der Waals surface area contributed by atoms with Gasteiger partial charge in [0.1, 0.15) is 5.71 Å². The van der Waals surface area contributed by atoms with E-state index in [1.807, 2.05) is 38.1 Å². The smallest absolute Gasteiger partial charge is 0.340 e. The minimum Gasteiger partial charge on any atom is -0.465 e. The van der Waals surface area contributed by atoms with Crippen molar-refractivity contribution < 1.29 is 14.3 Å². The van der Waals surface area contributed by atoms with Gasteiger partial charge in [0.05, 0.1) is 24.0 Å². The van der Waals surface area contributed by atoms with Crippen molar-refractivity contribution in [3.8, 4) is 0 Å². The second-order valence-electron chi connectivity index (χ2n) is 5.76. The van der Waals surface area contributed by atoms with Gasteiger partial charge in [-0.15, -0.1) is 0 Å². The van der Waals surface area contributed by atoms with Crippen molar-refractivity contribution in [2.45, 2.75) is 19.9 Å². The Balaban J connectivity index is 2.15. The van der Waals surface area contributed by atoms with Crippen molar-refractivity contribution in [2.24, 2.45) is 4.99 Å². The van der Waals surface area contributed by atoms with Crippen molar-refractivity contribution >= 4 is 29.0 Å². The summed E-state index contributed by atoms with van der Waals surface area (Å²) in [5.41, 5.74) is 2.72. The van der Waals surface area contributed by atoms with E-state index in [-0.39, 0.29) is 11.9 Å². The van der Waals surface area contributed by atoms with E-state index in [0.717, 1.165) is 11.3 Å². The van der Waals surface area contributed by atoms with Crippen molar-refractivity contribution in [2.75, 3.05) is 12.0 Å². The number of hydrogen-bond acceptors (Lipinski definition) is 4. The number of nitrogens with zero attached hydrogens (tertiary/aromatic N) is 2. The van der Waals surface area contributed by atoms with Gasteiger partial charge in [-0.25, -0.2) is 9.79 Å². The number of hydrogen-bond donors (Lipinski definition) is 0. The summed E-state index contributed by atoms with van der Waals surface area (Å²) in [5, 5.41) is 0. The van der Waals surface area contributed by atoms with Gasteiger partial charge in [0, 0.05) is 11.6 Å². The van der Waals surface area contributed by atoms with Crippen LogP contribution in [0.2, 0.25) is 0 Å². The number of aliphatic imine (C=N–C) groups is 1. The van der Waals surface area contributed by atoms with Gasteiger partial charge in [-0.2, -0.15) is 0 Å². The Labute approximate surface area is 140 Å². The summed E-state index contributed by atoms with van der Waals surface area (Å²) in [7, 11) is 1.32. The Morgan fingerprint density at radius 3 is 2.46 bits per heavy atom. The normalized spacial score (nSPS) is 15.1. The van der Waals surface area contributed by atoms with Gasteiger partial charge in [-0.1, -0.05) is 30.3 Å². The number of methoxy groups -OCH3 is 1. The van der Waals surface area contributed by atoms with Gasteiger partial charge >= 0.3 is 5.97 Å². The quantitative estimate of drug-likeness (QED) is 0.814. The first kappa shape index (κ1) is 15.9. The molecule has 3 rings (SSSR count). The largest absolute Gasteiger partial charge is 0.465 e. The summed E-state index contributed by atoms with van der Waals surface area (Å²) < 4.78 is 4.79. The summed E-state index contributed by atoms with van der Waals surface area (Å²) >= 11 is 0. The van der Waals surface area contributed by atoms with Gasteiger partial charge in [0.15, 0.2) is 0 Å². The Morgan fingerprint density at radius 2 is 1.75 bits per heavy atom. The number of amides is 1. The molecular weight excluding hydrogens is 304 g/mol. The average Bonchev–Trinajstić information content (AvgIpc) is 2.87. The molecular formula is C19H18N2O3. The molecule has 1 heterocycles. The first-order chi connectivity index (χ1) is 11.5. The van der Waals surface area contributed by atoms with Gasteiger partial charge in [-0.05, 0) is 32.0 Å². The highest BCUT2D eigenvalue weighted by Crippen LogP contribution is 2.32. The molecule has 0 spiro atoms. The van der Waals surface area contributed by atoms with Crippen LogP contribution < -0.4 is 4.90 Å². The van der Waals surface area contributed by atoms with Crippen LogP contribution in [0.25, 0.3) is 0 Å². The van der Waals surface area contributed by atoms with Crippen LogP contribution in [0.4, 0.5) is 11.4 Å². The number of para-hydroxylation sites is 2. The molecule has 1 amide bonds. The Kier molecular flexibility index (Phi) is 4.16. The summed E-state index contributed by atoms with van der Waals surface area (Å²) in [4.78, 5) is 31.0. The molecule has 0 bridgehead atoms. The zero-order chi connectivity index (χ0) is 17.3. The van der Waals surface area contributed by atoms with Crippen LogP contribution >= 0.6 is 0 Å². The molecule has 24 heavy (non-hydrogen) atoms. The first-order valence-corrected chi connectivity index (χ1v) is 7.73. The zero-order valence-electron chi connectivity index (χ0n) is 13.8. The molecule has 0 radical (unpaired) electrons. The third-order valence-electron chi connectivity index (χ3n) is 3.90. The molecule has 5 nitrogen and oxygen atoms in total. The topological polar surface area (TPSA) is 59.0 Å². The molecule has 0 saturated carbocycles. The molecule has 2 aromatic carbocycles. The van der Waals surface area contributed by atoms with Crippen LogP contribution in [0.5, 0.6) is 0 Å². The van der Waals surface area contributed by atoms with Crippen LogP contribution in [-0.4, -0.2) is 30.7 Å². The van der Waals surface area contributed by atoms with E-state index in [0.29, 0.717) is 17.0 Å². The maximum Gasteiger partial charge on any atom is 0.340 e. The van der Waals surface area contributed by atoms with Crippen LogP contribution in [0.15, 0.2) is 53.5 Å². The lowest BCUT2D eigenvalue weighted by molar-refractivity contribution is -0.112. The molecule has 0 aliphatic carbocycles. The number of carbonyl (C=O) groups excluding carboxylic acids is 2. The summed E-state index contributed by atoms with van der Waals surface area (Å²) in [6.07, 6.45) is 0. The lowest BCUT2D eigenvalue weighted by Crippen LogP contribution is -2.35. The van der Waals surface area contributed by atoms with Crippen molar-refractivity contribution in [3.05, 3.63) is 59.7 Å². The highest BCUT2D eigenvalue weighted by atomic mass is 16.5. The molecule has 2 aromatic rings. The van der Waals surface area contributed by atoms with E-state index in [1.165, 1.54) is 7.11 Å². The molecule has 0 unspecified atom stereocenters. The minimum atomic E-state index is -0.477. The number of esters is 1. The van der Waals surface area contributed by atoms with Crippen molar-refractivity contribution in [3.63, 3.8) is 0 Å². The predicted octanol–water partition coefficient (Wildman–Crippen LogP) is 3.35. The molecule has 5 heteroatoms. The van der Waals surface area contributed by atoms with Crippen molar-refractivity contribution in [1.82, 2.24) is 0 Å². The van der Waals surface area contributed by atoms with Crippen LogP contribution in [0.1, 0.15) is 29.8 Å². The fraction of sp³-hybridized carbons (Fsp3) is 0.211. The third-order valence-corrected chi connectivity index (χ3v) is 3.90. The van der Waals surface area contributed by atoms with Crippen LogP contribution in [0, 0.1) is 0 Å². The average molecular weight is 322 g/mol. The standard InChI is InChI=1S/C19H18N2O3/c1-12(2)21-16-11-7-5-9-14(16)17(18(21)22)20-15-10-6-4-8-13(15)19(23)24-3/h4-12H,1-3H3. The zero-order valence-corrected chi connectivity index (χ0v) is 13.8. The minimum absolute atomic E-state index is 0.0159. The first-order valence-electron chi connectivity index (χ1n) is 7.73. The number of carbonyl (C=O) groups is 2. The maximum atomic E-state index is 12.8. The fourth-order valence-electron chi connectivity index (χ4n) is 2.82. The highest BCUT2D eigenvalue weighted by Gasteiger charge is 2.35. The number of benzene rings is 2. The van der Waals surface area contributed by atoms with Gasteiger partial charge in [0.2, 0.25) is 0 Å². The number of fused-ring (bicyclic) bond motifs is 1. The van der Waals surface area contributed by atoms with Crippen LogP contribution in [-0.2, 0) is 9.53 Å².